The number of benzene rings is 1. The molecule has 0 aromatic heterocycles. The molecule has 3 N–H and O–H groups in total. The van der Waals surface area contributed by atoms with E-state index in [4.69, 9.17) is 5.73 Å². The number of hydrogen-bond donors (Lipinski definition) is 2. The monoisotopic (exact) mass is 233 g/mol. The predicted octanol–water partition coefficient (Wildman–Crippen LogP) is 2.28. The zero-order valence-corrected chi connectivity index (χ0v) is 11.2. The van der Waals surface area contributed by atoms with Gasteiger partial charge in [-0.1, -0.05) is 44.2 Å². The average molecular weight is 233 g/mol. The summed E-state index contributed by atoms with van der Waals surface area (Å²) in [6, 6.07) is 10.7. The average Bonchev–Trinajstić information content (AvgIpc) is 2.27. The lowest BCUT2D eigenvalue weighted by molar-refractivity contribution is 0.537. The van der Waals surface area contributed by atoms with Gasteiger partial charge >= 0.3 is 0 Å². The Morgan fingerprint density at radius 3 is 2.41 bits per heavy atom. The first-order valence-corrected chi connectivity index (χ1v) is 6.04. The van der Waals surface area contributed by atoms with E-state index in [1.165, 1.54) is 5.56 Å². The van der Waals surface area contributed by atoms with E-state index in [1.54, 1.807) is 0 Å². The van der Waals surface area contributed by atoms with E-state index in [1.807, 2.05) is 19.9 Å². The van der Waals surface area contributed by atoms with Crippen LogP contribution in [0.25, 0.3) is 0 Å². The summed E-state index contributed by atoms with van der Waals surface area (Å²) in [5.41, 5.74) is 7.08. The van der Waals surface area contributed by atoms with Gasteiger partial charge in [-0.25, -0.2) is 0 Å². The molecule has 0 amide bonds. The molecular formula is C14H23N3. The van der Waals surface area contributed by atoms with Crippen molar-refractivity contribution in [2.24, 2.45) is 10.7 Å². The van der Waals surface area contributed by atoms with Crippen LogP contribution in [0, 0.1) is 0 Å². The van der Waals surface area contributed by atoms with Gasteiger partial charge in [-0.3, -0.25) is 4.99 Å². The molecular weight excluding hydrogens is 210 g/mol. The summed E-state index contributed by atoms with van der Waals surface area (Å²) in [6.07, 6.45) is 0. The standard InChI is InChI=1S/C14H23N3/c1-11(2)17-13(15)16-10-14(3,4)12-8-6-5-7-9-12/h5-9,11H,10H2,1-4H3,(H3,15,16,17). The lowest BCUT2D eigenvalue weighted by Crippen LogP contribution is -2.38. The van der Waals surface area contributed by atoms with E-state index in [9.17, 15) is 0 Å². The van der Waals surface area contributed by atoms with Crippen molar-refractivity contribution in [3.63, 3.8) is 0 Å². The Hall–Kier alpha value is -1.51. The molecule has 0 unspecified atom stereocenters. The van der Waals surface area contributed by atoms with E-state index in [0.29, 0.717) is 18.5 Å². The molecule has 0 aliphatic rings. The predicted molar refractivity (Wildman–Crippen MR) is 74.2 cm³/mol. The number of hydrogen-bond acceptors (Lipinski definition) is 1. The minimum atomic E-state index is 0.00450. The summed E-state index contributed by atoms with van der Waals surface area (Å²) in [6.45, 7) is 9.13. The summed E-state index contributed by atoms with van der Waals surface area (Å²) in [7, 11) is 0. The quantitative estimate of drug-likeness (QED) is 0.619. The highest BCUT2D eigenvalue weighted by Gasteiger charge is 2.19. The van der Waals surface area contributed by atoms with Crippen molar-refractivity contribution in [2.75, 3.05) is 6.54 Å². The van der Waals surface area contributed by atoms with Crippen LogP contribution in [-0.4, -0.2) is 18.5 Å². The molecule has 0 heterocycles. The molecule has 1 aromatic carbocycles. The number of nitrogens with two attached hydrogens (primary N) is 1. The molecule has 0 saturated heterocycles. The second kappa shape index (κ2) is 5.71. The number of aliphatic imine (C=N–C) groups is 1. The molecule has 3 heteroatoms. The summed E-state index contributed by atoms with van der Waals surface area (Å²) < 4.78 is 0. The fourth-order valence-corrected chi connectivity index (χ4v) is 1.60. The minimum Gasteiger partial charge on any atom is -0.370 e. The van der Waals surface area contributed by atoms with Gasteiger partial charge in [-0.2, -0.15) is 0 Å². The third-order valence-electron chi connectivity index (χ3n) is 2.64. The highest BCUT2D eigenvalue weighted by molar-refractivity contribution is 5.78. The van der Waals surface area contributed by atoms with Gasteiger partial charge < -0.3 is 11.1 Å². The smallest absolute Gasteiger partial charge is 0.188 e. The summed E-state index contributed by atoms with van der Waals surface area (Å²) in [5.74, 6) is 0.518. The second-order valence-corrected chi connectivity index (χ2v) is 5.25. The molecule has 3 nitrogen and oxygen atoms in total. The van der Waals surface area contributed by atoms with Crippen LogP contribution in [0.3, 0.4) is 0 Å². The van der Waals surface area contributed by atoms with Gasteiger partial charge in [0.2, 0.25) is 0 Å². The van der Waals surface area contributed by atoms with E-state index in [0.717, 1.165) is 0 Å². The van der Waals surface area contributed by atoms with Crippen molar-refractivity contribution in [2.45, 2.75) is 39.2 Å². The highest BCUT2D eigenvalue weighted by Crippen LogP contribution is 2.22. The van der Waals surface area contributed by atoms with Gasteiger partial charge in [0.1, 0.15) is 0 Å². The third-order valence-corrected chi connectivity index (χ3v) is 2.64. The van der Waals surface area contributed by atoms with Gasteiger partial charge in [0.05, 0.1) is 6.54 Å². The van der Waals surface area contributed by atoms with E-state index in [-0.39, 0.29) is 5.41 Å². The van der Waals surface area contributed by atoms with E-state index >= 15 is 0 Å². The SMILES string of the molecule is CC(C)NC(N)=NCC(C)(C)c1ccccc1. The van der Waals surface area contributed by atoms with E-state index < -0.39 is 0 Å². The molecule has 0 atom stereocenters. The fourth-order valence-electron chi connectivity index (χ4n) is 1.60. The van der Waals surface area contributed by atoms with Crippen molar-refractivity contribution in [1.29, 1.82) is 0 Å². The maximum Gasteiger partial charge on any atom is 0.188 e. The maximum absolute atomic E-state index is 5.80. The summed E-state index contributed by atoms with van der Waals surface area (Å²) >= 11 is 0. The number of nitrogens with zero attached hydrogens (tertiary/aromatic N) is 1. The Bertz CT molecular complexity index is 366. The first kappa shape index (κ1) is 13.6. The Kier molecular flexibility index (Phi) is 4.55. The zero-order chi connectivity index (χ0) is 12.9. The molecule has 0 bridgehead atoms. The maximum atomic E-state index is 5.80. The van der Waals surface area contributed by atoms with Crippen LogP contribution in [0.15, 0.2) is 35.3 Å². The molecule has 94 valence electrons. The first-order chi connectivity index (χ1) is 7.92. The van der Waals surface area contributed by atoms with Gasteiger partial charge in [0, 0.05) is 11.5 Å². The van der Waals surface area contributed by atoms with Crippen molar-refractivity contribution in [1.82, 2.24) is 5.32 Å². The second-order valence-electron chi connectivity index (χ2n) is 5.25. The topological polar surface area (TPSA) is 50.4 Å². The molecule has 0 radical (unpaired) electrons. The first-order valence-electron chi connectivity index (χ1n) is 6.04. The van der Waals surface area contributed by atoms with Gasteiger partial charge in [-0.15, -0.1) is 0 Å². The van der Waals surface area contributed by atoms with E-state index in [2.05, 4.69) is 48.4 Å². The number of rotatable bonds is 4. The third kappa shape index (κ3) is 4.47. The lowest BCUT2D eigenvalue weighted by Gasteiger charge is -2.23. The van der Waals surface area contributed by atoms with Gasteiger partial charge in [0.25, 0.3) is 0 Å². The van der Waals surface area contributed by atoms with Crippen molar-refractivity contribution >= 4 is 5.96 Å². The fraction of sp³-hybridized carbons (Fsp3) is 0.500. The number of nitrogens with one attached hydrogen (secondary N) is 1. The Morgan fingerprint density at radius 1 is 1.29 bits per heavy atom. The molecule has 0 saturated carbocycles. The van der Waals surface area contributed by atoms with Crippen molar-refractivity contribution < 1.29 is 0 Å². The molecule has 1 rings (SSSR count). The van der Waals surface area contributed by atoms with Gasteiger partial charge in [0.15, 0.2) is 5.96 Å². The van der Waals surface area contributed by atoms with Crippen LogP contribution < -0.4 is 11.1 Å². The molecule has 17 heavy (non-hydrogen) atoms. The molecule has 0 spiro atoms. The van der Waals surface area contributed by atoms with Crippen LogP contribution in [0.5, 0.6) is 0 Å². The lowest BCUT2D eigenvalue weighted by atomic mass is 9.85. The zero-order valence-electron chi connectivity index (χ0n) is 11.2. The minimum absolute atomic E-state index is 0.00450. The molecule has 1 aromatic rings. The molecule has 0 fully saturated rings. The largest absolute Gasteiger partial charge is 0.370 e. The summed E-state index contributed by atoms with van der Waals surface area (Å²) in [4.78, 5) is 4.40. The summed E-state index contributed by atoms with van der Waals surface area (Å²) in [5, 5.41) is 3.09. The normalized spacial score (nSPS) is 12.9. The van der Waals surface area contributed by atoms with Crippen LogP contribution in [-0.2, 0) is 5.41 Å². The molecule has 0 aliphatic heterocycles. The molecule has 0 aliphatic carbocycles. The van der Waals surface area contributed by atoms with Crippen LogP contribution in [0.2, 0.25) is 0 Å². The van der Waals surface area contributed by atoms with Crippen molar-refractivity contribution in [3.05, 3.63) is 35.9 Å². The van der Waals surface area contributed by atoms with Crippen LogP contribution >= 0.6 is 0 Å². The van der Waals surface area contributed by atoms with Gasteiger partial charge in [-0.05, 0) is 19.4 Å². The van der Waals surface area contributed by atoms with Crippen molar-refractivity contribution in [3.8, 4) is 0 Å². The Balaban J connectivity index is 2.67. The highest BCUT2D eigenvalue weighted by atomic mass is 15.1. The van der Waals surface area contributed by atoms with Crippen LogP contribution in [0.4, 0.5) is 0 Å². The van der Waals surface area contributed by atoms with Crippen LogP contribution in [0.1, 0.15) is 33.3 Å². The Morgan fingerprint density at radius 2 is 1.88 bits per heavy atom. The number of guanidine groups is 1. The Labute approximate surface area is 104 Å².